The molecule has 0 heterocycles. The van der Waals surface area contributed by atoms with Crippen LogP contribution in [-0.4, -0.2) is 4.21 Å². The van der Waals surface area contributed by atoms with Gasteiger partial charge in [0.25, 0.3) is 0 Å². The van der Waals surface area contributed by atoms with Gasteiger partial charge in [0.1, 0.15) is 0 Å². The maximum atomic E-state index is 12.2. The minimum absolute atomic E-state index is 0.871. The number of rotatable bonds is 5. The zero-order valence-corrected chi connectivity index (χ0v) is 11.9. The van der Waals surface area contributed by atoms with Crippen molar-refractivity contribution in [3.8, 4) is 0 Å². The molecule has 1 unspecified atom stereocenters. The quantitative estimate of drug-likeness (QED) is 0.790. The van der Waals surface area contributed by atoms with Gasteiger partial charge in [0.2, 0.25) is 0 Å². The Hall–Kier alpha value is -1.67. The molecule has 0 amide bonds. The van der Waals surface area contributed by atoms with Crippen LogP contribution in [0.4, 0.5) is 0 Å². The van der Waals surface area contributed by atoms with E-state index in [4.69, 9.17) is 0 Å². The Morgan fingerprint density at radius 3 is 2.21 bits per heavy atom. The number of benzene rings is 2. The highest BCUT2D eigenvalue weighted by Crippen LogP contribution is 2.14. The van der Waals surface area contributed by atoms with Crippen LogP contribution in [0.5, 0.6) is 0 Å². The highest BCUT2D eigenvalue weighted by atomic mass is 32.2. The van der Waals surface area contributed by atoms with Crippen molar-refractivity contribution in [3.05, 3.63) is 77.2 Å². The van der Waals surface area contributed by atoms with E-state index >= 15 is 0 Å². The molecule has 0 saturated carbocycles. The molecule has 1 atom stereocenters. The molecule has 0 N–H and O–H groups in total. The SMILES string of the molecule is C/C(=C\CCc1ccccc1)S(=O)c1ccccc1. The smallest absolute Gasteiger partial charge is 0.0802 e. The lowest BCUT2D eigenvalue weighted by Gasteiger charge is -2.02. The summed E-state index contributed by atoms with van der Waals surface area (Å²) in [6, 6.07) is 20.0. The molecule has 0 bridgehead atoms. The zero-order chi connectivity index (χ0) is 13.5. The molecule has 2 rings (SSSR count). The van der Waals surface area contributed by atoms with Crippen LogP contribution < -0.4 is 0 Å². The van der Waals surface area contributed by atoms with E-state index in [2.05, 4.69) is 18.2 Å². The van der Waals surface area contributed by atoms with Crippen molar-refractivity contribution in [2.45, 2.75) is 24.7 Å². The standard InChI is InChI=1S/C17H18OS/c1-15(19(18)17-13-6-3-7-14-17)9-8-12-16-10-4-2-5-11-16/h2-7,9-11,13-14H,8,12H2,1H3/b15-9+. The van der Waals surface area contributed by atoms with E-state index in [0.717, 1.165) is 22.6 Å². The summed E-state index contributed by atoms with van der Waals surface area (Å²) in [4.78, 5) is 1.80. The van der Waals surface area contributed by atoms with Gasteiger partial charge in [0.15, 0.2) is 0 Å². The number of aryl methyl sites for hydroxylation is 1. The molecule has 0 aliphatic carbocycles. The van der Waals surface area contributed by atoms with Crippen molar-refractivity contribution in [2.24, 2.45) is 0 Å². The monoisotopic (exact) mass is 270 g/mol. The Morgan fingerprint density at radius 1 is 1.00 bits per heavy atom. The van der Waals surface area contributed by atoms with Gasteiger partial charge in [-0.1, -0.05) is 54.6 Å². The molecule has 0 spiro atoms. The predicted octanol–water partition coefficient (Wildman–Crippen LogP) is 4.33. The minimum atomic E-state index is -1.02. The fourth-order valence-electron chi connectivity index (χ4n) is 1.89. The number of allylic oxidation sites excluding steroid dienone is 2. The summed E-state index contributed by atoms with van der Waals surface area (Å²) in [6.07, 6.45) is 3.99. The first-order valence-corrected chi connectivity index (χ1v) is 7.60. The van der Waals surface area contributed by atoms with Crippen LogP contribution in [0.25, 0.3) is 0 Å². The van der Waals surface area contributed by atoms with Gasteiger partial charge in [0.05, 0.1) is 10.8 Å². The average Bonchev–Trinajstić information content (AvgIpc) is 2.48. The molecule has 0 saturated heterocycles. The first-order valence-electron chi connectivity index (χ1n) is 6.45. The van der Waals surface area contributed by atoms with E-state index in [1.165, 1.54) is 5.56 Å². The van der Waals surface area contributed by atoms with E-state index in [1.807, 2.05) is 55.5 Å². The Labute approximate surface area is 117 Å². The zero-order valence-electron chi connectivity index (χ0n) is 11.1. The molecule has 1 nitrogen and oxygen atoms in total. The van der Waals surface area contributed by atoms with Gasteiger partial charge in [-0.2, -0.15) is 0 Å². The van der Waals surface area contributed by atoms with Crippen LogP contribution in [0.2, 0.25) is 0 Å². The van der Waals surface area contributed by atoms with Crippen LogP contribution in [0, 0.1) is 0 Å². The van der Waals surface area contributed by atoms with Gasteiger partial charge in [-0.05, 0) is 37.5 Å². The number of hydrogen-bond acceptors (Lipinski definition) is 1. The topological polar surface area (TPSA) is 17.1 Å². The van der Waals surface area contributed by atoms with E-state index in [0.29, 0.717) is 0 Å². The molecule has 0 radical (unpaired) electrons. The highest BCUT2D eigenvalue weighted by Gasteiger charge is 2.04. The molecule has 2 aromatic rings. The van der Waals surface area contributed by atoms with Gasteiger partial charge >= 0.3 is 0 Å². The summed E-state index contributed by atoms with van der Waals surface area (Å²) >= 11 is 0. The molecule has 2 aromatic carbocycles. The first-order chi connectivity index (χ1) is 9.27. The van der Waals surface area contributed by atoms with Crippen LogP contribution >= 0.6 is 0 Å². The molecule has 0 aliphatic rings. The summed E-state index contributed by atoms with van der Waals surface area (Å²) in [7, 11) is -1.02. The van der Waals surface area contributed by atoms with Crippen LogP contribution in [-0.2, 0) is 17.2 Å². The fraction of sp³-hybridized carbons (Fsp3) is 0.176. The molecule has 2 heteroatoms. The molecular formula is C17H18OS. The maximum Gasteiger partial charge on any atom is 0.0802 e. The molecule has 0 aromatic heterocycles. The lowest BCUT2D eigenvalue weighted by molar-refractivity contribution is 0.686. The maximum absolute atomic E-state index is 12.2. The lowest BCUT2D eigenvalue weighted by atomic mass is 10.1. The van der Waals surface area contributed by atoms with E-state index in [-0.39, 0.29) is 0 Å². The second kappa shape index (κ2) is 7.05. The fourth-order valence-corrected chi connectivity index (χ4v) is 2.94. The van der Waals surface area contributed by atoms with Gasteiger partial charge in [-0.25, -0.2) is 4.21 Å². The first kappa shape index (κ1) is 13.8. The van der Waals surface area contributed by atoms with Gasteiger partial charge in [-0.3, -0.25) is 0 Å². The second-order valence-corrected chi connectivity index (χ2v) is 6.07. The van der Waals surface area contributed by atoms with Gasteiger partial charge < -0.3 is 0 Å². The Kier molecular flexibility index (Phi) is 5.10. The summed E-state index contributed by atoms with van der Waals surface area (Å²) in [5.74, 6) is 0. The minimum Gasteiger partial charge on any atom is -0.249 e. The largest absolute Gasteiger partial charge is 0.249 e. The third-order valence-electron chi connectivity index (χ3n) is 2.96. The average molecular weight is 270 g/mol. The summed E-state index contributed by atoms with van der Waals surface area (Å²) in [6.45, 7) is 1.94. The van der Waals surface area contributed by atoms with Gasteiger partial charge in [0, 0.05) is 9.80 Å². The van der Waals surface area contributed by atoms with Gasteiger partial charge in [-0.15, -0.1) is 0 Å². The van der Waals surface area contributed by atoms with Crippen molar-refractivity contribution >= 4 is 10.8 Å². The van der Waals surface area contributed by atoms with Crippen LogP contribution in [0.3, 0.4) is 0 Å². The van der Waals surface area contributed by atoms with E-state index in [9.17, 15) is 4.21 Å². The van der Waals surface area contributed by atoms with Crippen molar-refractivity contribution in [3.63, 3.8) is 0 Å². The summed E-state index contributed by atoms with van der Waals surface area (Å²) < 4.78 is 12.2. The molecular weight excluding hydrogens is 252 g/mol. The Morgan fingerprint density at radius 2 is 1.58 bits per heavy atom. The van der Waals surface area contributed by atoms with Crippen molar-refractivity contribution < 1.29 is 4.21 Å². The Bertz CT molecular complexity index is 558. The number of hydrogen-bond donors (Lipinski definition) is 0. The molecule has 0 aliphatic heterocycles. The van der Waals surface area contributed by atoms with Crippen LogP contribution in [0.15, 0.2) is 76.5 Å². The summed E-state index contributed by atoms with van der Waals surface area (Å²) in [5.41, 5.74) is 1.32. The predicted molar refractivity (Wildman–Crippen MR) is 81.4 cm³/mol. The van der Waals surface area contributed by atoms with E-state index in [1.54, 1.807) is 0 Å². The molecule has 0 fully saturated rings. The third kappa shape index (κ3) is 4.18. The molecule has 98 valence electrons. The van der Waals surface area contributed by atoms with Crippen molar-refractivity contribution in [2.75, 3.05) is 0 Å². The van der Waals surface area contributed by atoms with Crippen molar-refractivity contribution in [1.82, 2.24) is 0 Å². The summed E-state index contributed by atoms with van der Waals surface area (Å²) in [5, 5.41) is 0. The van der Waals surface area contributed by atoms with Crippen LogP contribution in [0.1, 0.15) is 18.9 Å². The molecule has 19 heavy (non-hydrogen) atoms. The lowest BCUT2D eigenvalue weighted by Crippen LogP contribution is -1.93. The second-order valence-electron chi connectivity index (χ2n) is 4.42. The van der Waals surface area contributed by atoms with E-state index < -0.39 is 10.8 Å². The third-order valence-corrected chi connectivity index (χ3v) is 4.41. The van der Waals surface area contributed by atoms with Crippen molar-refractivity contribution in [1.29, 1.82) is 0 Å². The normalized spacial score (nSPS) is 13.2. The highest BCUT2D eigenvalue weighted by molar-refractivity contribution is 7.89. The Balaban J connectivity index is 1.94.